The number of benzene rings is 1. The van der Waals surface area contributed by atoms with Crippen molar-refractivity contribution < 1.29 is 14.3 Å². The standard InChI is InChI=1S/C17H25N5O3/c1-20-6-8-21(9-7-20)19-17(24)18-13-10-16(23)22(12-13)14-4-3-5-15(11-14)25-2/h3-5,11,13H,6-10,12H2,1-2H3,(H2,18,19,24). The van der Waals surface area contributed by atoms with Crippen LogP contribution < -0.4 is 20.4 Å². The largest absolute Gasteiger partial charge is 0.497 e. The first kappa shape index (κ1) is 17.5. The fourth-order valence-electron chi connectivity index (χ4n) is 3.11. The summed E-state index contributed by atoms with van der Waals surface area (Å²) in [5.41, 5.74) is 3.65. The van der Waals surface area contributed by atoms with E-state index in [1.807, 2.05) is 29.3 Å². The molecule has 2 N–H and O–H groups in total. The van der Waals surface area contributed by atoms with Gasteiger partial charge in [-0.1, -0.05) is 6.07 Å². The molecule has 0 bridgehead atoms. The molecule has 2 saturated heterocycles. The molecular weight excluding hydrogens is 322 g/mol. The van der Waals surface area contributed by atoms with Gasteiger partial charge in [-0.05, 0) is 19.2 Å². The molecule has 0 aliphatic carbocycles. The number of hydrogen-bond donors (Lipinski definition) is 2. The predicted octanol–water partition coefficient (Wildman–Crippen LogP) is 0.262. The van der Waals surface area contributed by atoms with Crippen LogP contribution in [-0.2, 0) is 4.79 Å². The van der Waals surface area contributed by atoms with Crippen LogP contribution >= 0.6 is 0 Å². The maximum Gasteiger partial charge on any atom is 0.329 e. The summed E-state index contributed by atoms with van der Waals surface area (Å²) in [5.74, 6) is 0.702. The molecular formula is C17H25N5O3. The van der Waals surface area contributed by atoms with Crippen molar-refractivity contribution in [2.24, 2.45) is 0 Å². The Kier molecular flexibility index (Phi) is 5.40. The van der Waals surface area contributed by atoms with Crippen molar-refractivity contribution in [1.29, 1.82) is 0 Å². The van der Waals surface area contributed by atoms with E-state index in [0.717, 1.165) is 31.9 Å². The van der Waals surface area contributed by atoms with Crippen LogP contribution in [0.25, 0.3) is 0 Å². The molecule has 0 aromatic heterocycles. The molecule has 2 aliphatic heterocycles. The lowest BCUT2D eigenvalue weighted by molar-refractivity contribution is -0.117. The van der Waals surface area contributed by atoms with Gasteiger partial charge in [-0.3, -0.25) is 10.2 Å². The summed E-state index contributed by atoms with van der Waals surface area (Å²) in [7, 11) is 3.66. The second-order valence-electron chi connectivity index (χ2n) is 6.48. The van der Waals surface area contributed by atoms with Crippen molar-refractivity contribution in [3.63, 3.8) is 0 Å². The summed E-state index contributed by atoms with van der Waals surface area (Å²) in [6.07, 6.45) is 0.299. The number of carbonyl (C=O) groups is 2. The van der Waals surface area contributed by atoms with E-state index in [1.54, 1.807) is 12.0 Å². The Hall–Kier alpha value is -2.32. The molecule has 0 saturated carbocycles. The fraction of sp³-hybridized carbons (Fsp3) is 0.529. The molecule has 0 radical (unpaired) electrons. The minimum atomic E-state index is -0.255. The van der Waals surface area contributed by atoms with Crippen molar-refractivity contribution in [3.05, 3.63) is 24.3 Å². The Morgan fingerprint density at radius 3 is 2.72 bits per heavy atom. The number of nitrogens with one attached hydrogen (secondary N) is 2. The van der Waals surface area contributed by atoms with Crippen LogP contribution in [0.4, 0.5) is 10.5 Å². The number of anilines is 1. The van der Waals surface area contributed by atoms with Gasteiger partial charge in [-0.2, -0.15) is 0 Å². The highest BCUT2D eigenvalue weighted by molar-refractivity contribution is 5.97. The quantitative estimate of drug-likeness (QED) is 0.817. The Bertz CT molecular complexity index is 630. The van der Waals surface area contributed by atoms with E-state index in [2.05, 4.69) is 22.7 Å². The zero-order valence-electron chi connectivity index (χ0n) is 14.7. The molecule has 2 heterocycles. The van der Waals surface area contributed by atoms with E-state index < -0.39 is 0 Å². The molecule has 2 aliphatic rings. The van der Waals surface area contributed by atoms with E-state index in [-0.39, 0.29) is 18.0 Å². The van der Waals surface area contributed by atoms with Crippen molar-refractivity contribution in [3.8, 4) is 5.75 Å². The number of hydrazine groups is 1. The molecule has 1 aromatic rings. The molecule has 0 spiro atoms. The average Bonchev–Trinajstić information content (AvgIpc) is 2.97. The first-order chi connectivity index (χ1) is 12.0. The number of urea groups is 1. The number of hydrogen-bond acceptors (Lipinski definition) is 5. The Balaban J connectivity index is 1.52. The number of methoxy groups -OCH3 is 1. The van der Waals surface area contributed by atoms with E-state index in [1.165, 1.54) is 0 Å². The number of ether oxygens (including phenoxy) is 1. The number of nitrogens with zero attached hydrogens (tertiary/aromatic N) is 3. The van der Waals surface area contributed by atoms with Gasteiger partial charge >= 0.3 is 6.03 Å². The highest BCUT2D eigenvalue weighted by atomic mass is 16.5. The van der Waals surface area contributed by atoms with Crippen LogP contribution in [-0.4, -0.2) is 74.8 Å². The lowest BCUT2D eigenvalue weighted by Crippen LogP contribution is -2.56. The molecule has 1 unspecified atom stereocenters. The number of carbonyl (C=O) groups excluding carboxylic acids is 2. The lowest BCUT2D eigenvalue weighted by Gasteiger charge is -2.32. The second kappa shape index (κ2) is 7.71. The second-order valence-corrected chi connectivity index (χ2v) is 6.48. The normalized spacial score (nSPS) is 22.1. The minimum Gasteiger partial charge on any atom is -0.497 e. The fourth-order valence-corrected chi connectivity index (χ4v) is 3.11. The van der Waals surface area contributed by atoms with E-state index >= 15 is 0 Å². The third kappa shape index (κ3) is 4.40. The third-order valence-electron chi connectivity index (χ3n) is 4.59. The van der Waals surface area contributed by atoms with Crippen LogP contribution in [0.1, 0.15) is 6.42 Å². The van der Waals surface area contributed by atoms with Gasteiger partial charge in [-0.25, -0.2) is 9.80 Å². The molecule has 3 rings (SSSR count). The van der Waals surface area contributed by atoms with Crippen LogP contribution in [0, 0.1) is 0 Å². The molecule has 1 aromatic carbocycles. The van der Waals surface area contributed by atoms with E-state index in [0.29, 0.717) is 18.7 Å². The zero-order chi connectivity index (χ0) is 17.8. The van der Waals surface area contributed by atoms with Gasteiger partial charge in [0.25, 0.3) is 0 Å². The number of amides is 3. The van der Waals surface area contributed by atoms with E-state index in [4.69, 9.17) is 4.74 Å². The summed E-state index contributed by atoms with van der Waals surface area (Å²) in [5, 5.41) is 4.81. The van der Waals surface area contributed by atoms with Crippen molar-refractivity contribution in [1.82, 2.24) is 20.7 Å². The molecule has 1 atom stereocenters. The molecule has 8 nitrogen and oxygen atoms in total. The minimum absolute atomic E-state index is 0.00171. The maximum absolute atomic E-state index is 12.3. The highest BCUT2D eigenvalue weighted by Crippen LogP contribution is 2.25. The van der Waals surface area contributed by atoms with E-state index in [9.17, 15) is 9.59 Å². The zero-order valence-corrected chi connectivity index (χ0v) is 14.7. The van der Waals surface area contributed by atoms with Crippen LogP contribution in [0.15, 0.2) is 24.3 Å². The molecule has 8 heteroatoms. The smallest absolute Gasteiger partial charge is 0.329 e. The van der Waals surface area contributed by atoms with Crippen LogP contribution in [0.2, 0.25) is 0 Å². The molecule has 3 amide bonds. The van der Waals surface area contributed by atoms with Gasteiger partial charge < -0.3 is 19.9 Å². The highest BCUT2D eigenvalue weighted by Gasteiger charge is 2.32. The first-order valence-electron chi connectivity index (χ1n) is 8.50. The lowest BCUT2D eigenvalue weighted by atomic mass is 10.2. The third-order valence-corrected chi connectivity index (χ3v) is 4.59. The Labute approximate surface area is 147 Å². The summed E-state index contributed by atoms with van der Waals surface area (Å²) in [6.45, 7) is 3.90. The molecule has 136 valence electrons. The van der Waals surface area contributed by atoms with Crippen molar-refractivity contribution in [2.75, 3.05) is 51.8 Å². The summed E-state index contributed by atoms with van der Waals surface area (Å²) >= 11 is 0. The predicted molar refractivity (Wildman–Crippen MR) is 94.5 cm³/mol. The van der Waals surface area contributed by atoms with Gasteiger partial charge in [0.1, 0.15) is 5.75 Å². The number of likely N-dealkylation sites (N-methyl/N-ethyl adjacent to an activating group) is 1. The topological polar surface area (TPSA) is 77.2 Å². The summed E-state index contributed by atoms with van der Waals surface area (Å²) < 4.78 is 5.21. The molecule has 2 fully saturated rings. The van der Waals surface area contributed by atoms with Crippen LogP contribution in [0.5, 0.6) is 5.75 Å². The van der Waals surface area contributed by atoms with Gasteiger partial charge in [0, 0.05) is 50.9 Å². The van der Waals surface area contributed by atoms with Gasteiger partial charge in [-0.15, -0.1) is 0 Å². The van der Waals surface area contributed by atoms with Crippen molar-refractivity contribution in [2.45, 2.75) is 12.5 Å². The Morgan fingerprint density at radius 2 is 2.00 bits per heavy atom. The SMILES string of the molecule is COc1cccc(N2CC(NC(=O)NN3CCN(C)CC3)CC2=O)c1. The average molecular weight is 347 g/mol. The molecule has 25 heavy (non-hydrogen) atoms. The monoisotopic (exact) mass is 347 g/mol. The van der Waals surface area contributed by atoms with Crippen molar-refractivity contribution >= 4 is 17.6 Å². The number of piperazine rings is 1. The van der Waals surface area contributed by atoms with Gasteiger partial charge in [0.15, 0.2) is 0 Å². The summed E-state index contributed by atoms with van der Waals surface area (Å²) in [4.78, 5) is 28.4. The van der Waals surface area contributed by atoms with Gasteiger partial charge in [0.05, 0.1) is 13.2 Å². The van der Waals surface area contributed by atoms with Gasteiger partial charge in [0.2, 0.25) is 5.91 Å². The van der Waals surface area contributed by atoms with Crippen LogP contribution in [0.3, 0.4) is 0 Å². The maximum atomic E-state index is 12.3. The number of rotatable bonds is 4. The Morgan fingerprint density at radius 1 is 1.24 bits per heavy atom. The first-order valence-corrected chi connectivity index (χ1v) is 8.50. The summed E-state index contributed by atoms with van der Waals surface area (Å²) in [6, 6.07) is 6.92.